The average Bonchev–Trinajstić information content (AvgIpc) is 2.83. The normalized spacial score (nSPS) is 15.9. The van der Waals surface area contributed by atoms with Crippen LogP contribution in [0.5, 0.6) is 0 Å². The van der Waals surface area contributed by atoms with Crippen molar-refractivity contribution in [1.29, 1.82) is 0 Å². The van der Waals surface area contributed by atoms with Crippen molar-refractivity contribution in [3.8, 4) is 0 Å². The van der Waals surface area contributed by atoms with Crippen molar-refractivity contribution in [3.05, 3.63) is 41.8 Å². The Labute approximate surface area is 135 Å². The molecule has 0 saturated heterocycles. The molecule has 1 aliphatic carbocycles. The number of halogens is 1. The fourth-order valence-corrected chi connectivity index (χ4v) is 2.85. The third kappa shape index (κ3) is 4.87. The maximum atomic E-state index is 12.9. The monoisotopic (exact) mass is 315 g/mol. The van der Waals surface area contributed by atoms with Gasteiger partial charge in [-0.15, -0.1) is 5.10 Å². The van der Waals surface area contributed by atoms with E-state index in [1.165, 1.54) is 37.8 Å². The van der Waals surface area contributed by atoms with Crippen LogP contribution in [-0.4, -0.2) is 21.2 Å². The molecule has 0 amide bonds. The van der Waals surface area contributed by atoms with E-state index < -0.39 is 0 Å². The minimum Gasteiger partial charge on any atom is -0.365 e. The summed E-state index contributed by atoms with van der Waals surface area (Å²) in [6.45, 7) is 0.571. The fraction of sp³-hybridized carbons (Fsp3) is 0.471. The Balaban J connectivity index is 1.57. The third-order valence-electron chi connectivity index (χ3n) is 4.13. The van der Waals surface area contributed by atoms with Gasteiger partial charge in [-0.1, -0.05) is 37.8 Å². The zero-order valence-electron chi connectivity index (χ0n) is 13.1. The molecule has 1 heterocycles. The van der Waals surface area contributed by atoms with Crippen molar-refractivity contribution in [2.75, 3.05) is 10.6 Å². The molecule has 2 aromatic rings. The molecular weight excluding hydrogens is 293 g/mol. The molecular formula is C17H22FN5. The smallest absolute Gasteiger partial charge is 0.244 e. The van der Waals surface area contributed by atoms with Crippen LogP contribution in [0.2, 0.25) is 0 Å². The van der Waals surface area contributed by atoms with Gasteiger partial charge in [0.2, 0.25) is 5.95 Å². The van der Waals surface area contributed by atoms with E-state index >= 15 is 0 Å². The van der Waals surface area contributed by atoms with E-state index in [1.54, 1.807) is 18.3 Å². The Hall–Kier alpha value is -2.24. The standard InChI is InChI=1S/C17H22FN5/c18-14-9-7-13(8-10-14)11-19-16-12-20-23-17(22-16)21-15-5-3-1-2-4-6-15/h7-10,12,15H,1-6,11H2,(H2,19,21,22,23). The second kappa shape index (κ2) is 7.85. The number of hydrogen-bond acceptors (Lipinski definition) is 5. The second-order valence-corrected chi connectivity index (χ2v) is 5.98. The summed E-state index contributed by atoms with van der Waals surface area (Å²) in [5, 5.41) is 14.7. The Morgan fingerprint density at radius 3 is 2.52 bits per heavy atom. The van der Waals surface area contributed by atoms with Crippen LogP contribution in [0.1, 0.15) is 44.1 Å². The van der Waals surface area contributed by atoms with Gasteiger partial charge in [0.25, 0.3) is 0 Å². The van der Waals surface area contributed by atoms with Crippen LogP contribution in [0.3, 0.4) is 0 Å². The van der Waals surface area contributed by atoms with Crippen LogP contribution < -0.4 is 10.6 Å². The second-order valence-electron chi connectivity index (χ2n) is 5.98. The topological polar surface area (TPSA) is 62.7 Å². The number of anilines is 2. The van der Waals surface area contributed by atoms with E-state index in [1.807, 2.05) is 0 Å². The van der Waals surface area contributed by atoms with Gasteiger partial charge in [0.1, 0.15) is 5.82 Å². The van der Waals surface area contributed by atoms with Crippen molar-refractivity contribution in [2.24, 2.45) is 0 Å². The summed E-state index contributed by atoms with van der Waals surface area (Å²) in [6.07, 6.45) is 9.07. The molecule has 5 nitrogen and oxygen atoms in total. The lowest BCUT2D eigenvalue weighted by Gasteiger charge is -2.16. The summed E-state index contributed by atoms with van der Waals surface area (Å²) in [5.41, 5.74) is 0.989. The van der Waals surface area contributed by atoms with E-state index in [2.05, 4.69) is 25.8 Å². The lowest BCUT2D eigenvalue weighted by Crippen LogP contribution is -2.20. The highest BCUT2D eigenvalue weighted by Crippen LogP contribution is 2.20. The van der Waals surface area contributed by atoms with Crippen molar-refractivity contribution in [3.63, 3.8) is 0 Å². The van der Waals surface area contributed by atoms with E-state index in [0.717, 1.165) is 18.4 Å². The highest BCUT2D eigenvalue weighted by molar-refractivity contribution is 5.38. The summed E-state index contributed by atoms with van der Waals surface area (Å²) in [6, 6.07) is 6.85. The molecule has 1 saturated carbocycles. The van der Waals surface area contributed by atoms with E-state index in [-0.39, 0.29) is 5.82 Å². The van der Waals surface area contributed by atoms with Gasteiger partial charge in [0.05, 0.1) is 6.20 Å². The van der Waals surface area contributed by atoms with Crippen LogP contribution in [0, 0.1) is 5.82 Å². The molecule has 1 aliphatic rings. The summed E-state index contributed by atoms with van der Waals surface area (Å²) >= 11 is 0. The SMILES string of the molecule is Fc1ccc(CNc2cnnc(NC3CCCCCC3)n2)cc1. The first-order chi connectivity index (χ1) is 11.3. The van der Waals surface area contributed by atoms with Crippen LogP contribution >= 0.6 is 0 Å². The number of nitrogens with one attached hydrogen (secondary N) is 2. The van der Waals surface area contributed by atoms with Crippen molar-refractivity contribution in [2.45, 2.75) is 51.1 Å². The number of hydrogen-bond donors (Lipinski definition) is 2. The van der Waals surface area contributed by atoms with Gasteiger partial charge in [0, 0.05) is 12.6 Å². The zero-order valence-corrected chi connectivity index (χ0v) is 13.1. The van der Waals surface area contributed by atoms with Gasteiger partial charge >= 0.3 is 0 Å². The van der Waals surface area contributed by atoms with Crippen LogP contribution in [0.15, 0.2) is 30.5 Å². The summed E-state index contributed by atoms with van der Waals surface area (Å²) in [5.74, 6) is 1.01. The van der Waals surface area contributed by atoms with Crippen molar-refractivity contribution < 1.29 is 4.39 Å². The van der Waals surface area contributed by atoms with Gasteiger partial charge in [0.15, 0.2) is 5.82 Å². The highest BCUT2D eigenvalue weighted by Gasteiger charge is 2.13. The number of aromatic nitrogens is 3. The Morgan fingerprint density at radius 1 is 1.04 bits per heavy atom. The maximum Gasteiger partial charge on any atom is 0.244 e. The van der Waals surface area contributed by atoms with Gasteiger partial charge in [-0.05, 0) is 30.5 Å². The lowest BCUT2D eigenvalue weighted by molar-refractivity contribution is 0.613. The fourth-order valence-electron chi connectivity index (χ4n) is 2.85. The molecule has 1 aromatic carbocycles. The minimum atomic E-state index is -0.229. The molecule has 1 aromatic heterocycles. The summed E-state index contributed by atoms with van der Waals surface area (Å²) in [4.78, 5) is 4.46. The first-order valence-electron chi connectivity index (χ1n) is 8.24. The predicted molar refractivity (Wildman–Crippen MR) is 88.7 cm³/mol. The quantitative estimate of drug-likeness (QED) is 0.823. The molecule has 0 aliphatic heterocycles. The minimum absolute atomic E-state index is 0.229. The first kappa shape index (κ1) is 15.6. The van der Waals surface area contributed by atoms with Gasteiger partial charge in [-0.3, -0.25) is 0 Å². The molecule has 1 fully saturated rings. The van der Waals surface area contributed by atoms with Crippen LogP contribution in [-0.2, 0) is 6.54 Å². The van der Waals surface area contributed by atoms with Gasteiger partial charge in [-0.2, -0.15) is 10.1 Å². The maximum absolute atomic E-state index is 12.9. The molecule has 0 spiro atoms. The zero-order chi connectivity index (χ0) is 15.9. The summed E-state index contributed by atoms with van der Waals surface area (Å²) in [7, 11) is 0. The molecule has 2 N–H and O–H groups in total. The Bertz CT molecular complexity index is 609. The van der Waals surface area contributed by atoms with E-state index in [4.69, 9.17) is 0 Å². The largest absolute Gasteiger partial charge is 0.365 e. The summed E-state index contributed by atoms with van der Waals surface area (Å²) < 4.78 is 12.9. The first-order valence-corrected chi connectivity index (χ1v) is 8.24. The Morgan fingerprint density at radius 2 is 1.78 bits per heavy atom. The van der Waals surface area contributed by atoms with Gasteiger partial charge in [-0.25, -0.2) is 4.39 Å². The number of nitrogens with zero attached hydrogens (tertiary/aromatic N) is 3. The van der Waals surface area contributed by atoms with Crippen molar-refractivity contribution >= 4 is 11.8 Å². The predicted octanol–water partition coefficient (Wildman–Crippen LogP) is 3.76. The number of benzene rings is 1. The molecule has 23 heavy (non-hydrogen) atoms. The average molecular weight is 315 g/mol. The molecule has 0 radical (unpaired) electrons. The van der Waals surface area contributed by atoms with Gasteiger partial charge < -0.3 is 10.6 Å². The highest BCUT2D eigenvalue weighted by atomic mass is 19.1. The Kier molecular flexibility index (Phi) is 5.34. The molecule has 0 bridgehead atoms. The molecule has 122 valence electrons. The molecule has 0 unspecified atom stereocenters. The number of rotatable bonds is 5. The van der Waals surface area contributed by atoms with E-state index in [0.29, 0.717) is 24.4 Å². The van der Waals surface area contributed by atoms with Crippen LogP contribution in [0.4, 0.5) is 16.2 Å². The molecule has 3 rings (SSSR count). The van der Waals surface area contributed by atoms with Crippen LogP contribution in [0.25, 0.3) is 0 Å². The third-order valence-corrected chi connectivity index (χ3v) is 4.13. The lowest BCUT2D eigenvalue weighted by atomic mass is 10.1. The van der Waals surface area contributed by atoms with Crippen molar-refractivity contribution in [1.82, 2.24) is 15.2 Å². The molecule has 0 atom stereocenters. The molecule has 6 heteroatoms. The van der Waals surface area contributed by atoms with E-state index in [9.17, 15) is 4.39 Å².